The molecular formula is C17H18F3NO2. The molecule has 1 amide bonds. The summed E-state index contributed by atoms with van der Waals surface area (Å²) in [5, 5.41) is 8.95. The fraction of sp³-hybridized carbons (Fsp3) is 0.471. The van der Waals surface area contributed by atoms with Crippen LogP contribution in [0.5, 0.6) is 0 Å². The van der Waals surface area contributed by atoms with Gasteiger partial charge in [-0.1, -0.05) is 17.7 Å². The summed E-state index contributed by atoms with van der Waals surface area (Å²) < 4.78 is 38.7. The summed E-state index contributed by atoms with van der Waals surface area (Å²) in [7, 11) is 0. The zero-order chi connectivity index (χ0) is 16.6. The van der Waals surface area contributed by atoms with Gasteiger partial charge < -0.3 is 10.0 Å². The van der Waals surface area contributed by atoms with Gasteiger partial charge in [0.1, 0.15) is 0 Å². The van der Waals surface area contributed by atoms with Crippen molar-refractivity contribution in [3.8, 4) is 0 Å². The van der Waals surface area contributed by atoms with Gasteiger partial charge in [-0.3, -0.25) is 0 Å². The third-order valence-corrected chi connectivity index (χ3v) is 4.47. The van der Waals surface area contributed by atoms with Gasteiger partial charge in [0, 0.05) is 13.1 Å². The van der Waals surface area contributed by atoms with E-state index in [0.717, 1.165) is 35.6 Å². The lowest BCUT2D eigenvalue weighted by molar-refractivity contribution is -0.137. The van der Waals surface area contributed by atoms with Crippen LogP contribution in [0.4, 0.5) is 18.0 Å². The summed E-state index contributed by atoms with van der Waals surface area (Å²) in [5.41, 5.74) is 2.12. The first kappa shape index (κ1) is 15.9. The Labute approximate surface area is 132 Å². The van der Waals surface area contributed by atoms with Crippen LogP contribution in [0, 0.1) is 0 Å². The van der Waals surface area contributed by atoms with Gasteiger partial charge in [0.05, 0.1) is 5.56 Å². The molecule has 1 aliphatic heterocycles. The van der Waals surface area contributed by atoms with Crippen LogP contribution in [0.2, 0.25) is 0 Å². The molecule has 1 aromatic carbocycles. The number of likely N-dealkylation sites (tertiary alicyclic amines) is 1. The lowest BCUT2D eigenvalue weighted by Crippen LogP contribution is -2.35. The lowest BCUT2D eigenvalue weighted by atomic mass is 9.95. The quantitative estimate of drug-likeness (QED) is 0.853. The van der Waals surface area contributed by atoms with Crippen LogP contribution < -0.4 is 0 Å². The Morgan fingerprint density at radius 3 is 2.39 bits per heavy atom. The second-order valence-corrected chi connectivity index (χ2v) is 6.19. The highest BCUT2D eigenvalue weighted by atomic mass is 19.4. The molecule has 0 bridgehead atoms. The Morgan fingerprint density at radius 2 is 1.87 bits per heavy atom. The van der Waals surface area contributed by atoms with Gasteiger partial charge in [0.2, 0.25) is 0 Å². The number of carboxylic acid groups (broad SMARTS) is 1. The third-order valence-electron chi connectivity index (χ3n) is 4.47. The molecule has 0 atom stereocenters. The topological polar surface area (TPSA) is 40.5 Å². The first-order valence-corrected chi connectivity index (χ1v) is 7.73. The maximum Gasteiger partial charge on any atom is 0.416 e. The highest BCUT2D eigenvalue weighted by molar-refractivity contribution is 5.66. The Bertz CT molecular complexity index is 638. The van der Waals surface area contributed by atoms with Gasteiger partial charge in [0.15, 0.2) is 0 Å². The van der Waals surface area contributed by atoms with E-state index in [4.69, 9.17) is 5.11 Å². The molecule has 0 radical (unpaired) electrons. The van der Waals surface area contributed by atoms with Crippen LogP contribution in [-0.2, 0) is 6.18 Å². The second-order valence-electron chi connectivity index (χ2n) is 6.19. The Morgan fingerprint density at radius 1 is 1.22 bits per heavy atom. The van der Waals surface area contributed by atoms with Crippen molar-refractivity contribution in [2.24, 2.45) is 0 Å². The molecule has 1 aliphatic carbocycles. The Kier molecular flexibility index (Phi) is 4.08. The molecular weight excluding hydrogens is 307 g/mol. The molecule has 3 rings (SSSR count). The number of carbonyl (C=O) groups is 1. The van der Waals surface area contributed by atoms with Gasteiger partial charge in [-0.15, -0.1) is 0 Å². The summed E-state index contributed by atoms with van der Waals surface area (Å²) in [6.07, 6.45) is -0.143. The number of piperidine rings is 1. The maximum atomic E-state index is 12.9. The van der Waals surface area contributed by atoms with Crippen molar-refractivity contribution in [3.63, 3.8) is 0 Å². The van der Waals surface area contributed by atoms with E-state index in [-0.39, 0.29) is 5.92 Å². The highest BCUT2D eigenvalue weighted by Gasteiger charge is 2.33. The maximum absolute atomic E-state index is 12.9. The fourth-order valence-electron chi connectivity index (χ4n) is 2.98. The van der Waals surface area contributed by atoms with Crippen LogP contribution in [0.1, 0.15) is 48.3 Å². The molecule has 1 N–H and O–H groups in total. The van der Waals surface area contributed by atoms with E-state index in [1.165, 1.54) is 11.0 Å². The van der Waals surface area contributed by atoms with E-state index in [1.807, 2.05) is 6.08 Å². The third kappa shape index (κ3) is 3.68. The average Bonchev–Trinajstić information content (AvgIpc) is 3.31. The summed E-state index contributed by atoms with van der Waals surface area (Å²) in [5.74, 6) is 0.225. The average molecular weight is 325 g/mol. The van der Waals surface area contributed by atoms with Crippen LogP contribution in [-0.4, -0.2) is 29.2 Å². The SMILES string of the molecule is O=C(O)N1CCC(=Cc2ccc(C(F)(F)F)cc2C2CC2)CC1. The summed E-state index contributed by atoms with van der Waals surface area (Å²) in [4.78, 5) is 12.3. The van der Waals surface area contributed by atoms with E-state index in [0.29, 0.717) is 25.9 Å². The Hall–Kier alpha value is -1.98. The number of benzene rings is 1. The molecule has 1 aromatic rings. The number of halogens is 3. The zero-order valence-corrected chi connectivity index (χ0v) is 12.6. The number of rotatable bonds is 2. The van der Waals surface area contributed by atoms with Crippen molar-refractivity contribution in [3.05, 3.63) is 40.5 Å². The number of alkyl halides is 3. The number of nitrogens with zero attached hydrogens (tertiary/aromatic N) is 1. The van der Waals surface area contributed by atoms with Gasteiger partial charge >= 0.3 is 12.3 Å². The van der Waals surface area contributed by atoms with Crippen molar-refractivity contribution in [1.82, 2.24) is 4.90 Å². The van der Waals surface area contributed by atoms with Crippen LogP contribution in [0.25, 0.3) is 6.08 Å². The molecule has 1 heterocycles. The molecule has 3 nitrogen and oxygen atoms in total. The normalized spacial score (nSPS) is 18.9. The fourth-order valence-corrected chi connectivity index (χ4v) is 2.98. The van der Waals surface area contributed by atoms with E-state index in [1.54, 1.807) is 6.07 Å². The van der Waals surface area contributed by atoms with Crippen molar-refractivity contribution in [1.29, 1.82) is 0 Å². The largest absolute Gasteiger partial charge is 0.465 e. The van der Waals surface area contributed by atoms with Gasteiger partial charge in [0.25, 0.3) is 0 Å². The van der Waals surface area contributed by atoms with Crippen molar-refractivity contribution in [2.45, 2.75) is 37.8 Å². The van der Waals surface area contributed by atoms with Crippen LogP contribution >= 0.6 is 0 Å². The molecule has 0 unspecified atom stereocenters. The first-order valence-electron chi connectivity index (χ1n) is 7.73. The van der Waals surface area contributed by atoms with Crippen molar-refractivity contribution >= 4 is 12.2 Å². The van der Waals surface area contributed by atoms with Gasteiger partial charge in [-0.25, -0.2) is 4.79 Å². The molecule has 6 heteroatoms. The number of hydrogen-bond donors (Lipinski definition) is 1. The van der Waals surface area contributed by atoms with E-state index in [9.17, 15) is 18.0 Å². The summed E-state index contributed by atoms with van der Waals surface area (Å²) in [6.45, 7) is 0.890. The van der Waals surface area contributed by atoms with Crippen LogP contribution in [0.15, 0.2) is 23.8 Å². The monoisotopic (exact) mass is 325 g/mol. The molecule has 0 spiro atoms. The van der Waals surface area contributed by atoms with E-state index >= 15 is 0 Å². The van der Waals surface area contributed by atoms with Crippen LogP contribution in [0.3, 0.4) is 0 Å². The first-order chi connectivity index (χ1) is 10.8. The zero-order valence-electron chi connectivity index (χ0n) is 12.6. The predicted octanol–water partition coefficient (Wildman–Crippen LogP) is 4.74. The highest BCUT2D eigenvalue weighted by Crippen LogP contribution is 2.44. The van der Waals surface area contributed by atoms with E-state index < -0.39 is 17.8 Å². The molecule has 1 saturated carbocycles. The smallest absolute Gasteiger partial charge is 0.416 e. The minimum absolute atomic E-state index is 0.225. The molecule has 2 fully saturated rings. The molecule has 2 aliphatic rings. The molecule has 23 heavy (non-hydrogen) atoms. The minimum Gasteiger partial charge on any atom is -0.465 e. The summed E-state index contributed by atoms with van der Waals surface area (Å²) >= 11 is 0. The predicted molar refractivity (Wildman–Crippen MR) is 80.2 cm³/mol. The summed E-state index contributed by atoms with van der Waals surface area (Å²) in [6, 6.07) is 3.95. The number of amides is 1. The van der Waals surface area contributed by atoms with Gasteiger partial charge in [-0.05, 0) is 54.9 Å². The standard InChI is InChI=1S/C17H18F3NO2/c18-17(19,20)14-4-3-13(15(10-14)12-1-2-12)9-11-5-7-21(8-6-11)16(22)23/h3-4,9-10,12H,1-2,5-8H2,(H,22,23). The van der Waals surface area contributed by atoms with Crippen molar-refractivity contribution in [2.75, 3.05) is 13.1 Å². The van der Waals surface area contributed by atoms with Crippen molar-refractivity contribution < 1.29 is 23.1 Å². The van der Waals surface area contributed by atoms with E-state index in [2.05, 4.69) is 0 Å². The Balaban J connectivity index is 1.83. The second kappa shape index (κ2) is 5.91. The van der Waals surface area contributed by atoms with Gasteiger partial charge in [-0.2, -0.15) is 13.2 Å². The molecule has 1 saturated heterocycles. The molecule has 124 valence electrons. The lowest BCUT2D eigenvalue weighted by Gasteiger charge is -2.26. The minimum atomic E-state index is -4.32. The number of hydrogen-bond acceptors (Lipinski definition) is 1. The molecule has 0 aromatic heterocycles.